The highest BCUT2D eigenvalue weighted by Gasteiger charge is 2.28. The van der Waals surface area contributed by atoms with Crippen molar-refractivity contribution in [3.63, 3.8) is 0 Å². The smallest absolute Gasteiger partial charge is 0.422 e. The zero-order valence-electron chi connectivity index (χ0n) is 19.6. The molecule has 0 saturated heterocycles. The average molecular weight is 494 g/mol. The maximum Gasteiger partial charge on any atom is 0.422 e. The highest BCUT2D eigenvalue weighted by Crippen LogP contribution is 2.24. The van der Waals surface area contributed by atoms with Gasteiger partial charge in [-0.15, -0.1) is 5.10 Å². The largest absolute Gasteiger partial charge is 0.483 e. The second-order valence-electron chi connectivity index (χ2n) is 9.04. The number of pyridine rings is 1. The molecule has 2 heterocycles. The first kappa shape index (κ1) is 26.1. The van der Waals surface area contributed by atoms with Crippen LogP contribution in [0.2, 0.25) is 0 Å². The van der Waals surface area contributed by atoms with Crippen LogP contribution < -0.4 is 10.1 Å². The Morgan fingerprint density at radius 1 is 1.09 bits per heavy atom. The number of alkyl halides is 4. The Morgan fingerprint density at radius 3 is 2.37 bits per heavy atom. The Labute approximate surface area is 200 Å². The van der Waals surface area contributed by atoms with Crippen molar-refractivity contribution in [2.75, 3.05) is 13.3 Å². The Morgan fingerprint density at radius 2 is 1.80 bits per heavy atom. The summed E-state index contributed by atoms with van der Waals surface area (Å²) in [4.78, 5) is 17.0. The number of rotatable bonds is 9. The number of carbonyl (C=O) groups is 1. The monoisotopic (exact) mass is 493 g/mol. The number of carbonyl (C=O) groups excluding carboxylic acids is 1. The van der Waals surface area contributed by atoms with Gasteiger partial charge in [0.25, 0.3) is 0 Å². The molecule has 0 aliphatic rings. The van der Waals surface area contributed by atoms with E-state index in [0.29, 0.717) is 11.4 Å². The maximum absolute atomic E-state index is 12.9. The predicted octanol–water partition coefficient (Wildman–Crippen LogP) is 4.33. The number of aryl methyl sites for hydroxylation is 1. The van der Waals surface area contributed by atoms with Crippen molar-refractivity contribution in [2.45, 2.75) is 51.4 Å². The minimum absolute atomic E-state index is 0.00849. The predicted molar refractivity (Wildman–Crippen MR) is 121 cm³/mol. The molecule has 0 unspecified atom stereocenters. The number of hydrogen-bond donors (Lipinski definition) is 1. The topological polar surface area (TPSA) is 81.9 Å². The molecule has 0 bridgehead atoms. The molecule has 35 heavy (non-hydrogen) atoms. The molecule has 1 atom stereocenters. The van der Waals surface area contributed by atoms with E-state index < -0.39 is 25.5 Å². The summed E-state index contributed by atoms with van der Waals surface area (Å²) < 4.78 is 55.9. The normalized spacial score (nSPS) is 12.9. The molecule has 1 N–H and O–H groups in total. The van der Waals surface area contributed by atoms with Crippen molar-refractivity contribution in [3.8, 4) is 5.75 Å². The van der Waals surface area contributed by atoms with Crippen molar-refractivity contribution < 1.29 is 27.1 Å². The molecular weight excluding hydrogens is 466 g/mol. The van der Waals surface area contributed by atoms with Crippen LogP contribution in [0.15, 0.2) is 48.8 Å². The quantitative estimate of drug-likeness (QED) is 0.449. The Balaban J connectivity index is 1.77. The van der Waals surface area contributed by atoms with Gasteiger partial charge in [-0.05, 0) is 28.7 Å². The molecule has 3 aromatic rings. The van der Waals surface area contributed by atoms with E-state index in [1.165, 1.54) is 23.0 Å². The van der Waals surface area contributed by atoms with Crippen LogP contribution in [0.3, 0.4) is 0 Å². The number of ether oxygens (including phenoxy) is 1. The van der Waals surface area contributed by atoms with Gasteiger partial charge in [-0.2, -0.15) is 13.2 Å². The average Bonchev–Trinajstić information content (AvgIpc) is 3.24. The van der Waals surface area contributed by atoms with Gasteiger partial charge >= 0.3 is 6.18 Å². The van der Waals surface area contributed by atoms with Crippen LogP contribution in [-0.4, -0.2) is 45.3 Å². The lowest BCUT2D eigenvalue weighted by Crippen LogP contribution is -2.31. The molecule has 188 valence electrons. The summed E-state index contributed by atoms with van der Waals surface area (Å²) in [6.07, 6.45) is -1.77. The van der Waals surface area contributed by atoms with E-state index >= 15 is 0 Å². The van der Waals surface area contributed by atoms with Crippen LogP contribution in [0.4, 0.5) is 17.6 Å². The van der Waals surface area contributed by atoms with Crippen LogP contribution in [0.5, 0.6) is 5.75 Å². The van der Waals surface area contributed by atoms with Crippen molar-refractivity contribution in [3.05, 3.63) is 71.3 Å². The summed E-state index contributed by atoms with van der Waals surface area (Å²) in [6.45, 7) is 4.20. The van der Waals surface area contributed by atoms with Crippen LogP contribution >= 0.6 is 0 Å². The van der Waals surface area contributed by atoms with Crippen LogP contribution in [-0.2, 0) is 23.2 Å². The van der Waals surface area contributed by atoms with E-state index in [-0.39, 0.29) is 30.0 Å². The van der Waals surface area contributed by atoms with Crippen LogP contribution in [0.25, 0.3) is 0 Å². The second-order valence-corrected chi connectivity index (χ2v) is 9.04. The molecule has 0 radical (unpaired) electrons. The lowest BCUT2D eigenvalue weighted by atomic mass is 9.86. The molecule has 0 spiro atoms. The van der Waals surface area contributed by atoms with Gasteiger partial charge in [0.2, 0.25) is 5.91 Å². The number of amides is 1. The molecule has 3 rings (SSSR count). The highest BCUT2D eigenvalue weighted by molar-refractivity contribution is 5.79. The van der Waals surface area contributed by atoms with E-state index in [4.69, 9.17) is 4.74 Å². The number of nitrogens with zero attached hydrogens (tertiary/aromatic N) is 4. The van der Waals surface area contributed by atoms with Gasteiger partial charge in [0, 0.05) is 0 Å². The lowest BCUT2D eigenvalue weighted by Gasteiger charge is -2.19. The SMILES string of the molecule is CC(C)(C)c1ccc(CC(=O)N[C@H](c2ccc(OCC(F)(F)F)cn2)c2cn(CCF)nn2)cc1. The molecule has 0 aliphatic heterocycles. The third kappa shape index (κ3) is 7.76. The molecule has 0 fully saturated rings. The molecule has 11 heteroatoms. The second kappa shape index (κ2) is 10.8. The van der Waals surface area contributed by atoms with Gasteiger partial charge in [-0.3, -0.25) is 9.78 Å². The summed E-state index contributed by atoms with van der Waals surface area (Å²) in [7, 11) is 0. The Bertz CT molecular complexity index is 1110. The third-order valence-corrected chi connectivity index (χ3v) is 5.11. The number of benzene rings is 1. The fourth-order valence-corrected chi connectivity index (χ4v) is 3.27. The van der Waals surface area contributed by atoms with Crippen LogP contribution in [0.1, 0.15) is 49.3 Å². The lowest BCUT2D eigenvalue weighted by molar-refractivity contribution is -0.153. The molecule has 7 nitrogen and oxygen atoms in total. The summed E-state index contributed by atoms with van der Waals surface area (Å²) >= 11 is 0. The summed E-state index contributed by atoms with van der Waals surface area (Å²) in [5.41, 5.74) is 2.55. The first-order chi connectivity index (χ1) is 16.4. The number of nitrogens with one attached hydrogen (secondary N) is 1. The zero-order valence-corrected chi connectivity index (χ0v) is 19.6. The molecule has 1 aromatic carbocycles. The first-order valence-electron chi connectivity index (χ1n) is 10.9. The molecule has 0 aliphatic carbocycles. The van der Waals surface area contributed by atoms with Gasteiger partial charge in [0.1, 0.15) is 24.2 Å². The van der Waals surface area contributed by atoms with E-state index in [9.17, 15) is 22.4 Å². The minimum atomic E-state index is -4.48. The van der Waals surface area contributed by atoms with Gasteiger partial charge < -0.3 is 10.1 Å². The molecule has 1 amide bonds. The number of halogens is 4. The van der Waals surface area contributed by atoms with Crippen molar-refractivity contribution in [1.29, 1.82) is 0 Å². The standard InChI is InChI=1S/C24H27F4N5O2/c1-23(2,3)17-6-4-16(5-7-17)12-21(34)30-22(20-14-33(11-10-25)32-31-20)19-9-8-18(13-29-19)35-15-24(26,27)28/h4-9,13-14,22H,10-12,15H2,1-3H3,(H,30,34)/t22-/m1/s1. The highest BCUT2D eigenvalue weighted by atomic mass is 19.4. The Kier molecular flexibility index (Phi) is 8.08. The summed E-state index contributed by atoms with van der Waals surface area (Å²) in [5, 5.41) is 10.7. The maximum atomic E-state index is 12.9. The Hall–Kier alpha value is -3.50. The van der Waals surface area contributed by atoms with E-state index in [1.807, 2.05) is 24.3 Å². The van der Waals surface area contributed by atoms with Gasteiger partial charge in [-0.1, -0.05) is 50.3 Å². The third-order valence-electron chi connectivity index (χ3n) is 5.11. The van der Waals surface area contributed by atoms with E-state index in [0.717, 1.165) is 17.3 Å². The number of aromatic nitrogens is 4. The molecular formula is C24H27F4N5O2. The van der Waals surface area contributed by atoms with Gasteiger partial charge in [0.05, 0.1) is 31.1 Å². The fourth-order valence-electron chi connectivity index (χ4n) is 3.27. The van der Waals surface area contributed by atoms with Crippen molar-refractivity contribution in [1.82, 2.24) is 25.3 Å². The van der Waals surface area contributed by atoms with E-state index in [1.54, 1.807) is 0 Å². The van der Waals surface area contributed by atoms with Crippen LogP contribution in [0, 0.1) is 0 Å². The van der Waals surface area contributed by atoms with Gasteiger partial charge in [-0.25, -0.2) is 9.07 Å². The molecule has 0 saturated carbocycles. The molecule has 2 aromatic heterocycles. The summed E-state index contributed by atoms with van der Waals surface area (Å²) in [6, 6.07) is 9.64. The zero-order chi connectivity index (χ0) is 25.6. The number of hydrogen-bond acceptors (Lipinski definition) is 5. The van der Waals surface area contributed by atoms with Crippen molar-refractivity contribution >= 4 is 5.91 Å². The van der Waals surface area contributed by atoms with Crippen molar-refractivity contribution in [2.24, 2.45) is 0 Å². The summed E-state index contributed by atoms with van der Waals surface area (Å²) in [5.74, 6) is -0.395. The fraction of sp³-hybridized carbons (Fsp3) is 0.417. The van der Waals surface area contributed by atoms with Gasteiger partial charge in [0.15, 0.2) is 6.61 Å². The first-order valence-corrected chi connectivity index (χ1v) is 10.9. The minimum Gasteiger partial charge on any atom is -0.483 e. The van der Waals surface area contributed by atoms with E-state index in [2.05, 4.69) is 41.4 Å².